The summed E-state index contributed by atoms with van der Waals surface area (Å²) in [5, 5.41) is 8.91. The van der Waals surface area contributed by atoms with Gasteiger partial charge in [0.15, 0.2) is 0 Å². The number of hydrogen-bond acceptors (Lipinski definition) is 3. The van der Waals surface area contributed by atoms with Crippen molar-refractivity contribution in [2.45, 2.75) is 13.8 Å². The predicted octanol–water partition coefficient (Wildman–Crippen LogP) is 1.96. The Hall–Kier alpha value is -1.82. The van der Waals surface area contributed by atoms with Gasteiger partial charge in [0.2, 0.25) is 0 Å². The molecule has 0 unspecified atom stereocenters. The third-order valence-corrected chi connectivity index (χ3v) is 2.25. The second-order valence-corrected chi connectivity index (χ2v) is 3.03. The van der Waals surface area contributed by atoms with Crippen LogP contribution in [0.5, 0.6) is 0 Å². The molecule has 0 bridgehead atoms. The maximum absolute atomic E-state index is 11.3. The van der Waals surface area contributed by atoms with Gasteiger partial charge in [-0.15, -0.1) is 0 Å². The summed E-state index contributed by atoms with van der Waals surface area (Å²) in [5.74, 6) is -0.468. The molecule has 1 rings (SSSR count). The molecule has 14 heavy (non-hydrogen) atoms. The number of benzene rings is 1. The molecule has 0 saturated carbocycles. The van der Waals surface area contributed by atoms with Crippen LogP contribution in [0.2, 0.25) is 0 Å². The predicted molar refractivity (Wildman–Crippen MR) is 52.0 cm³/mol. The van der Waals surface area contributed by atoms with Crippen molar-refractivity contribution in [2.75, 3.05) is 7.11 Å². The quantitative estimate of drug-likeness (QED) is 0.634. The van der Waals surface area contributed by atoms with Crippen molar-refractivity contribution in [3.63, 3.8) is 0 Å². The Kier molecular flexibility index (Phi) is 2.88. The van der Waals surface area contributed by atoms with Crippen LogP contribution in [0.25, 0.3) is 0 Å². The number of nitriles is 1. The van der Waals surface area contributed by atoms with Crippen LogP contribution in [0.4, 0.5) is 0 Å². The van der Waals surface area contributed by atoms with E-state index in [1.165, 1.54) is 7.11 Å². The Morgan fingerprint density at radius 2 is 2.07 bits per heavy atom. The summed E-state index contributed by atoms with van der Waals surface area (Å²) in [6.07, 6.45) is 0. The second kappa shape index (κ2) is 3.93. The fourth-order valence-electron chi connectivity index (χ4n) is 1.24. The number of nitrogens with zero attached hydrogens (tertiary/aromatic N) is 1. The lowest BCUT2D eigenvalue weighted by Gasteiger charge is -2.06. The molecular formula is C11H11NO2. The molecule has 0 aliphatic carbocycles. The fraction of sp³-hybridized carbons (Fsp3) is 0.273. The Bertz CT molecular complexity index is 416. The molecule has 0 aliphatic rings. The smallest absolute Gasteiger partial charge is 0.339 e. The van der Waals surface area contributed by atoms with E-state index < -0.39 is 5.97 Å². The van der Waals surface area contributed by atoms with Crippen molar-refractivity contribution >= 4 is 5.97 Å². The van der Waals surface area contributed by atoms with Crippen LogP contribution in [0.1, 0.15) is 27.0 Å². The standard InChI is InChI=1S/C11H11NO2/c1-7-4-5-9(11(13)14-3)10(6-12)8(7)2/h4-5H,1-3H3. The highest BCUT2D eigenvalue weighted by Gasteiger charge is 2.14. The van der Waals surface area contributed by atoms with Gasteiger partial charge in [-0.05, 0) is 31.0 Å². The lowest BCUT2D eigenvalue weighted by Crippen LogP contribution is -2.06. The molecule has 3 heteroatoms. The first-order valence-corrected chi connectivity index (χ1v) is 4.20. The monoisotopic (exact) mass is 189 g/mol. The average molecular weight is 189 g/mol. The summed E-state index contributed by atoms with van der Waals surface area (Å²) in [6.45, 7) is 3.72. The van der Waals surface area contributed by atoms with Crippen molar-refractivity contribution in [1.29, 1.82) is 5.26 Å². The Morgan fingerprint density at radius 3 is 2.57 bits per heavy atom. The van der Waals surface area contributed by atoms with Crippen LogP contribution < -0.4 is 0 Å². The number of esters is 1. The minimum absolute atomic E-state index is 0.332. The summed E-state index contributed by atoms with van der Waals surface area (Å²) in [6, 6.07) is 5.44. The molecule has 1 aromatic rings. The summed E-state index contributed by atoms with van der Waals surface area (Å²) in [4.78, 5) is 11.3. The van der Waals surface area contributed by atoms with Crippen molar-refractivity contribution in [3.05, 3.63) is 34.4 Å². The van der Waals surface area contributed by atoms with Crippen molar-refractivity contribution in [1.82, 2.24) is 0 Å². The molecular weight excluding hydrogens is 178 g/mol. The molecule has 0 fully saturated rings. The zero-order valence-electron chi connectivity index (χ0n) is 8.42. The molecule has 0 heterocycles. The van der Waals surface area contributed by atoms with Crippen molar-refractivity contribution < 1.29 is 9.53 Å². The van der Waals surface area contributed by atoms with E-state index in [1.54, 1.807) is 6.07 Å². The van der Waals surface area contributed by atoms with Crippen LogP contribution in [-0.4, -0.2) is 13.1 Å². The van der Waals surface area contributed by atoms with Gasteiger partial charge in [0, 0.05) is 0 Å². The third kappa shape index (κ3) is 1.60. The number of hydrogen-bond donors (Lipinski definition) is 0. The molecule has 0 spiro atoms. The Balaban J connectivity index is 3.40. The van der Waals surface area contributed by atoms with Gasteiger partial charge >= 0.3 is 5.97 Å². The summed E-state index contributed by atoms with van der Waals surface area (Å²) in [5.41, 5.74) is 2.56. The SMILES string of the molecule is COC(=O)c1ccc(C)c(C)c1C#N. The lowest BCUT2D eigenvalue weighted by molar-refractivity contribution is 0.0600. The van der Waals surface area contributed by atoms with Crippen LogP contribution >= 0.6 is 0 Å². The highest BCUT2D eigenvalue weighted by Crippen LogP contribution is 2.17. The van der Waals surface area contributed by atoms with E-state index in [4.69, 9.17) is 5.26 Å². The van der Waals surface area contributed by atoms with Crippen molar-refractivity contribution in [3.8, 4) is 6.07 Å². The largest absolute Gasteiger partial charge is 0.465 e. The summed E-state index contributed by atoms with van der Waals surface area (Å²) >= 11 is 0. The number of ether oxygens (including phenoxy) is 1. The first kappa shape index (κ1) is 10.3. The zero-order chi connectivity index (χ0) is 10.7. The van der Waals surface area contributed by atoms with Crippen LogP contribution in [0, 0.1) is 25.2 Å². The summed E-state index contributed by atoms with van der Waals surface area (Å²) in [7, 11) is 1.30. The number of carbonyl (C=O) groups excluding carboxylic acids is 1. The normalized spacial score (nSPS) is 9.29. The van der Waals surface area contributed by atoms with E-state index in [2.05, 4.69) is 4.74 Å². The molecule has 0 aliphatic heterocycles. The number of aryl methyl sites for hydroxylation is 1. The van der Waals surface area contributed by atoms with Crippen LogP contribution in [-0.2, 0) is 4.74 Å². The van der Waals surface area contributed by atoms with E-state index in [1.807, 2.05) is 26.0 Å². The van der Waals surface area contributed by atoms with Crippen LogP contribution in [0.15, 0.2) is 12.1 Å². The topological polar surface area (TPSA) is 50.1 Å². The number of methoxy groups -OCH3 is 1. The maximum atomic E-state index is 11.3. The highest BCUT2D eigenvalue weighted by molar-refractivity contribution is 5.92. The molecule has 0 atom stereocenters. The molecule has 0 aromatic heterocycles. The van der Waals surface area contributed by atoms with Gasteiger partial charge in [0.05, 0.1) is 18.2 Å². The lowest BCUT2D eigenvalue weighted by atomic mass is 9.99. The van der Waals surface area contributed by atoms with Gasteiger partial charge in [-0.1, -0.05) is 6.07 Å². The first-order chi connectivity index (χ1) is 6.61. The van der Waals surface area contributed by atoms with Gasteiger partial charge in [-0.3, -0.25) is 0 Å². The minimum Gasteiger partial charge on any atom is -0.465 e. The molecule has 3 nitrogen and oxygen atoms in total. The van der Waals surface area contributed by atoms with Crippen molar-refractivity contribution in [2.24, 2.45) is 0 Å². The van der Waals surface area contributed by atoms with E-state index in [0.29, 0.717) is 11.1 Å². The van der Waals surface area contributed by atoms with Crippen LogP contribution in [0.3, 0.4) is 0 Å². The average Bonchev–Trinajstić information content (AvgIpc) is 2.20. The molecule has 0 amide bonds. The van der Waals surface area contributed by atoms with Gasteiger partial charge < -0.3 is 4.74 Å². The Labute approximate surface area is 82.9 Å². The Morgan fingerprint density at radius 1 is 1.43 bits per heavy atom. The molecule has 0 saturated heterocycles. The zero-order valence-corrected chi connectivity index (χ0v) is 8.42. The van der Waals surface area contributed by atoms with Gasteiger partial charge in [0.1, 0.15) is 6.07 Å². The fourth-order valence-corrected chi connectivity index (χ4v) is 1.24. The summed E-state index contributed by atoms with van der Waals surface area (Å²) < 4.78 is 4.58. The number of carbonyl (C=O) groups is 1. The van der Waals surface area contributed by atoms with E-state index in [9.17, 15) is 4.79 Å². The second-order valence-electron chi connectivity index (χ2n) is 3.03. The molecule has 1 aromatic carbocycles. The number of rotatable bonds is 1. The highest BCUT2D eigenvalue weighted by atomic mass is 16.5. The minimum atomic E-state index is -0.468. The molecule has 72 valence electrons. The van der Waals surface area contributed by atoms with E-state index >= 15 is 0 Å². The van der Waals surface area contributed by atoms with Gasteiger partial charge in [-0.25, -0.2) is 4.79 Å². The van der Waals surface area contributed by atoms with Gasteiger partial charge in [0.25, 0.3) is 0 Å². The maximum Gasteiger partial charge on any atom is 0.339 e. The van der Waals surface area contributed by atoms with Gasteiger partial charge in [-0.2, -0.15) is 5.26 Å². The van der Waals surface area contributed by atoms with E-state index in [0.717, 1.165) is 11.1 Å². The molecule has 0 N–H and O–H groups in total. The molecule has 0 radical (unpaired) electrons. The first-order valence-electron chi connectivity index (χ1n) is 4.20. The third-order valence-electron chi connectivity index (χ3n) is 2.25. The van der Waals surface area contributed by atoms with E-state index in [-0.39, 0.29) is 0 Å².